The van der Waals surface area contributed by atoms with Gasteiger partial charge in [-0.3, -0.25) is 0 Å². The van der Waals surface area contributed by atoms with Crippen LogP contribution >= 0.6 is 0 Å². The molecule has 25 heavy (non-hydrogen) atoms. The second kappa shape index (κ2) is 9.45. The molecule has 2 heteroatoms. The van der Waals surface area contributed by atoms with E-state index in [1.165, 1.54) is 11.1 Å². The number of allylic oxidation sites excluding steroid dienone is 2. The second-order valence-electron chi connectivity index (χ2n) is 5.63. The summed E-state index contributed by atoms with van der Waals surface area (Å²) in [6, 6.07) is 14.9. The Morgan fingerprint density at radius 3 is 1.56 bits per heavy atom. The van der Waals surface area contributed by atoms with Crippen molar-refractivity contribution < 1.29 is 8.78 Å². The topological polar surface area (TPSA) is 0 Å². The zero-order valence-corrected chi connectivity index (χ0v) is 14.5. The van der Waals surface area contributed by atoms with Gasteiger partial charge < -0.3 is 0 Å². The largest absolute Gasteiger partial charge is 0.217 e. The van der Waals surface area contributed by atoms with Crippen LogP contribution in [0.1, 0.15) is 42.5 Å². The molecule has 2 aromatic rings. The van der Waals surface area contributed by atoms with Crippen molar-refractivity contribution in [2.45, 2.75) is 33.1 Å². The van der Waals surface area contributed by atoms with Gasteiger partial charge >= 0.3 is 0 Å². The smallest absolute Gasteiger partial charge is 0.193 e. The molecule has 0 bridgehead atoms. The van der Waals surface area contributed by atoms with Crippen molar-refractivity contribution in [3.63, 3.8) is 0 Å². The third-order valence-electron chi connectivity index (χ3n) is 3.68. The minimum Gasteiger partial charge on any atom is -0.193 e. The summed E-state index contributed by atoms with van der Waals surface area (Å²) in [6.45, 7) is 4.16. The van der Waals surface area contributed by atoms with E-state index in [4.69, 9.17) is 0 Å². The lowest BCUT2D eigenvalue weighted by Gasteiger charge is -1.97. The first-order valence-corrected chi connectivity index (χ1v) is 8.39. The zero-order chi connectivity index (χ0) is 18.1. The van der Waals surface area contributed by atoms with E-state index in [0.29, 0.717) is 11.1 Å². The first-order valence-electron chi connectivity index (χ1n) is 8.39. The fourth-order valence-electron chi connectivity index (χ4n) is 2.23. The van der Waals surface area contributed by atoms with Crippen LogP contribution in [0.2, 0.25) is 0 Å². The van der Waals surface area contributed by atoms with Gasteiger partial charge in [-0.25, -0.2) is 0 Å². The number of hydrogen-bond donors (Lipinski definition) is 0. The van der Waals surface area contributed by atoms with E-state index in [9.17, 15) is 8.78 Å². The number of halogens is 2. The summed E-state index contributed by atoms with van der Waals surface area (Å²) in [5.74, 6) is 7.31. The zero-order valence-electron chi connectivity index (χ0n) is 14.5. The highest BCUT2D eigenvalue weighted by Crippen LogP contribution is 2.09. The molecular weight excluding hydrogens is 314 g/mol. The lowest BCUT2D eigenvalue weighted by atomic mass is 10.1. The minimum atomic E-state index is -1.14. The first kappa shape index (κ1) is 18.5. The summed E-state index contributed by atoms with van der Waals surface area (Å²) in [5, 5.41) is 0. The number of aryl methyl sites for hydroxylation is 2. The van der Waals surface area contributed by atoms with Crippen LogP contribution in [0.15, 0.2) is 60.2 Å². The SMILES string of the molecule is CCCc1ccc(C#CC(F)=C(F)C#Cc2ccc(CC)cc2)cc1. The highest BCUT2D eigenvalue weighted by atomic mass is 19.2. The van der Waals surface area contributed by atoms with Crippen molar-refractivity contribution in [1.29, 1.82) is 0 Å². The summed E-state index contributed by atoms with van der Waals surface area (Å²) in [5.41, 5.74) is 3.66. The third kappa shape index (κ3) is 5.94. The minimum absolute atomic E-state index is 0.639. The van der Waals surface area contributed by atoms with E-state index < -0.39 is 11.7 Å². The molecule has 0 saturated heterocycles. The molecule has 0 heterocycles. The van der Waals surface area contributed by atoms with Crippen LogP contribution in [-0.4, -0.2) is 0 Å². The molecule has 0 saturated carbocycles. The van der Waals surface area contributed by atoms with Crippen molar-refractivity contribution in [3.8, 4) is 23.7 Å². The summed E-state index contributed by atoms with van der Waals surface area (Å²) in [4.78, 5) is 0. The average molecular weight is 334 g/mol. The van der Waals surface area contributed by atoms with Gasteiger partial charge in [-0.1, -0.05) is 56.4 Å². The summed E-state index contributed by atoms with van der Waals surface area (Å²) in [6.07, 6.45) is 2.98. The van der Waals surface area contributed by atoms with Crippen LogP contribution in [0.3, 0.4) is 0 Å². The van der Waals surface area contributed by atoms with Crippen molar-refractivity contribution in [3.05, 3.63) is 82.4 Å². The standard InChI is InChI=1S/C23H20F2/c1-3-5-19-10-12-21(13-11-19)15-17-23(25)22(24)16-14-20-8-6-18(4-2)7-9-20/h6-13H,3-5H2,1-2H3. The van der Waals surface area contributed by atoms with Crippen molar-refractivity contribution in [2.75, 3.05) is 0 Å². The van der Waals surface area contributed by atoms with Gasteiger partial charge in [-0.05, 0) is 60.1 Å². The number of benzene rings is 2. The fourth-order valence-corrected chi connectivity index (χ4v) is 2.23. The Hall–Kier alpha value is -2.84. The van der Waals surface area contributed by atoms with E-state index in [1.54, 1.807) is 12.1 Å². The van der Waals surface area contributed by atoms with Gasteiger partial charge in [-0.15, -0.1) is 0 Å². The maximum absolute atomic E-state index is 13.7. The van der Waals surface area contributed by atoms with Gasteiger partial charge in [0.05, 0.1) is 0 Å². The number of rotatable bonds is 3. The van der Waals surface area contributed by atoms with Gasteiger partial charge in [0.25, 0.3) is 0 Å². The quantitative estimate of drug-likeness (QED) is 0.627. The van der Waals surface area contributed by atoms with Crippen molar-refractivity contribution in [1.82, 2.24) is 0 Å². The normalized spacial score (nSPS) is 10.9. The van der Waals surface area contributed by atoms with Gasteiger partial charge in [0.1, 0.15) is 0 Å². The molecule has 0 atom stereocenters. The van der Waals surface area contributed by atoms with Crippen LogP contribution in [-0.2, 0) is 12.8 Å². The molecule has 0 amide bonds. The molecule has 0 fully saturated rings. The van der Waals surface area contributed by atoms with E-state index in [1.807, 2.05) is 36.4 Å². The average Bonchev–Trinajstić information content (AvgIpc) is 2.66. The predicted octanol–water partition coefficient (Wildman–Crippen LogP) is 5.76. The summed E-state index contributed by atoms with van der Waals surface area (Å²) >= 11 is 0. The van der Waals surface area contributed by atoms with E-state index in [-0.39, 0.29) is 0 Å². The van der Waals surface area contributed by atoms with Crippen LogP contribution < -0.4 is 0 Å². The molecule has 0 aliphatic carbocycles. The molecule has 0 aliphatic heterocycles. The van der Waals surface area contributed by atoms with Crippen molar-refractivity contribution >= 4 is 0 Å². The molecule has 0 nitrogen and oxygen atoms in total. The predicted molar refractivity (Wildman–Crippen MR) is 99.3 cm³/mol. The molecule has 0 unspecified atom stereocenters. The third-order valence-corrected chi connectivity index (χ3v) is 3.68. The van der Waals surface area contributed by atoms with Gasteiger partial charge in [0, 0.05) is 11.1 Å². The highest BCUT2D eigenvalue weighted by molar-refractivity contribution is 5.45. The fraction of sp³-hybridized carbons (Fsp3) is 0.217. The van der Waals surface area contributed by atoms with E-state index in [2.05, 4.69) is 37.5 Å². The molecular formula is C23H20F2. The lowest BCUT2D eigenvalue weighted by molar-refractivity contribution is 0.584. The lowest BCUT2D eigenvalue weighted by Crippen LogP contribution is -1.83. The molecule has 2 aromatic carbocycles. The van der Waals surface area contributed by atoms with Crippen LogP contribution in [0.5, 0.6) is 0 Å². The monoisotopic (exact) mass is 334 g/mol. The van der Waals surface area contributed by atoms with Crippen LogP contribution in [0, 0.1) is 23.7 Å². The first-order chi connectivity index (χ1) is 12.1. The second-order valence-corrected chi connectivity index (χ2v) is 5.63. The summed E-state index contributed by atoms with van der Waals surface area (Å²) in [7, 11) is 0. The van der Waals surface area contributed by atoms with Crippen molar-refractivity contribution in [2.24, 2.45) is 0 Å². The van der Waals surface area contributed by atoms with E-state index in [0.717, 1.165) is 19.3 Å². The Bertz CT molecular complexity index is 849. The number of hydrogen-bond acceptors (Lipinski definition) is 0. The van der Waals surface area contributed by atoms with Crippen LogP contribution in [0.4, 0.5) is 8.78 Å². The Labute approximate surface area is 148 Å². The van der Waals surface area contributed by atoms with Gasteiger partial charge in [-0.2, -0.15) is 8.78 Å². The maximum atomic E-state index is 13.7. The Kier molecular flexibility index (Phi) is 7.00. The molecule has 2 rings (SSSR count). The molecule has 0 spiro atoms. The molecule has 0 aromatic heterocycles. The molecule has 0 N–H and O–H groups in total. The van der Waals surface area contributed by atoms with Gasteiger partial charge in [0.15, 0.2) is 0 Å². The van der Waals surface area contributed by atoms with E-state index >= 15 is 0 Å². The van der Waals surface area contributed by atoms with Crippen LogP contribution in [0.25, 0.3) is 0 Å². The maximum Gasteiger partial charge on any atom is 0.217 e. The Morgan fingerprint density at radius 2 is 1.16 bits per heavy atom. The summed E-state index contributed by atoms with van der Waals surface area (Å²) < 4.78 is 27.5. The highest BCUT2D eigenvalue weighted by Gasteiger charge is 1.99. The molecule has 126 valence electrons. The van der Waals surface area contributed by atoms with Gasteiger partial charge in [0.2, 0.25) is 11.7 Å². The molecule has 0 aliphatic rings. The Morgan fingerprint density at radius 1 is 0.720 bits per heavy atom. The Balaban J connectivity index is 2.10. The molecule has 0 radical (unpaired) electrons.